The van der Waals surface area contributed by atoms with Crippen molar-refractivity contribution in [1.29, 1.82) is 0 Å². The maximum absolute atomic E-state index is 12.2. The first-order valence-electron chi connectivity index (χ1n) is 9.51. The third kappa shape index (κ3) is 4.97. The Labute approximate surface area is 176 Å². The van der Waals surface area contributed by atoms with Gasteiger partial charge in [0.2, 0.25) is 0 Å². The van der Waals surface area contributed by atoms with E-state index in [0.717, 1.165) is 36.0 Å². The van der Waals surface area contributed by atoms with Crippen molar-refractivity contribution >= 4 is 34.1 Å². The lowest BCUT2D eigenvalue weighted by molar-refractivity contribution is 0.259. The van der Waals surface area contributed by atoms with E-state index in [1.807, 2.05) is 36.4 Å². The van der Waals surface area contributed by atoms with Gasteiger partial charge in [0.1, 0.15) is 11.3 Å². The average molecular weight is 410 g/mol. The third-order valence-electron chi connectivity index (χ3n) is 4.84. The van der Waals surface area contributed by atoms with Crippen LogP contribution in [0.1, 0.15) is 12.0 Å². The molecule has 0 aliphatic rings. The summed E-state index contributed by atoms with van der Waals surface area (Å²) in [6.07, 6.45) is 0.920. The molecule has 0 fully saturated rings. The smallest absolute Gasteiger partial charge is 0.344 e. The molecule has 0 unspecified atom stereocenters. The van der Waals surface area contributed by atoms with Gasteiger partial charge >= 0.3 is 5.63 Å². The van der Waals surface area contributed by atoms with Crippen molar-refractivity contribution < 1.29 is 9.15 Å². The average Bonchev–Trinajstić information content (AvgIpc) is 2.72. The highest BCUT2D eigenvalue weighted by molar-refractivity contribution is 6.04. The fourth-order valence-corrected chi connectivity index (χ4v) is 3.45. The molecule has 0 radical (unpaired) electrons. The van der Waals surface area contributed by atoms with Crippen LogP contribution in [0.3, 0.4) is 0 Å². The van der Waals surface area contributed by atoms with Crippen molar-refractivity contribution in [2.45, 2.75) is 13.0 Å². The Bertz CT molecular complexity index is 1140. The topological polar surface area (TPSA) is 42.7 Å². The molecule has 0 saturated carbocycles. The SMILES string of the molecule is CN(CCCOc1ccc2c(c1)oc(=O)c1ccccc12)Cc1ccccc1.Cl. The molecule has 1 heterocycles. The molecule has 5 heteroatoms. The molecule has 0 atom stereocenters. The third-order valence-corrected chi connectivity index (χ3v) is 4.84. The number of hydrogen-bond acceptors (Lipinski definition) is 4. The summed E-state index contributed by atoms with van der Waals surface area (Å²) in [4.78, 5) is 14.5. The molecular formula is C24H24ClNO3. The van der Waals surface area contributed by atoms with Crippen LogP contribution in [0.4, 0.5) is 0 Å². The molecule has 3 aromatic carbocycles. The van der Waals surface area contributed by atoms with Gasteiger partial charge in [0.15, 0.2) is 0 Å². The van der Waals surface area contributed by atoms with E-state index in [-0.39, 0.29) is 18.0 Å². The summed E-state index contributed by atoms with van der Waals surface area (Å²) in [5.74, 6) is 0.719. The number of benzene rings is 3. The Morgan fingerprint density at radius 2 is 1.62 bits per heavy atom. The van der Waals surface area contributed by atoms with Crippen LogP contribution in [0.25, 0.3) is 21.7 Å². The molecule has 4 nitrogen and oxygen atoms in total. The van der Waals surface area contributed by atoms with E-state index in [0.29, 0.717) is 17.6 Å². The molecule has 0 saturated heterocycles. The van der Waals surface area contributed by atoms with E-state index in [9.17, 15) is 4.79 Å². The fourth-order valence-electron chi connectivity index (χ4n) is 3.45. The number of ether oxygens (including phenoxy) is 1. The zero-order valence-electron chi connectivity index (χ0n) is 16.3. The second-order valence-corrected chi connectivity index (χ2v) is 7.02. The molecule has 4 rings (SSSR count). The molecule has 29 heavy (non-hydrogen) atoms. The minimum atomic E-state index is -0.317. The first-order chi connectivity index (χ1) is 13.7. The summed E-state index contributed by atoms with van der Waals surface area (Å²) in [6, 6.07) is 23.6. The van der Waals surface area contributed by atoms with E-state index >= 15 is 0 Å². The van der Waals surface area contributed by atoms with Crippen molar-refractivity contribution in [3.05, 3.63) is 88.8 Å². The van der Waals surface area contributed by atoms with Gasteiger partial charge in [-0.25, -0.2) is 4.79 Å². The van der Waals surface area contributed by atoms with Gasteiger partial charge in [0.05, 0.1) is 12.0 Å². The highest BCUT2D eigenvalue weighted by atomic mass is 35.5. The van der Waals surface area contributed by atoms with Crippen LogP contribution in [0, 0.1) is 0 Å². The maximum Gasteiger partial charge on any atom is 0.344 e. The number of fused-ring (bicyclic) bond motifs is 3. The summed E-state index contributed by atoms with van der Waals surface area (Å²) in [5.41, 5.74) is 1.55. The summed E-state index contributed by atoms with van der Waals surface area (Å²) in [7, 11) is 2.11. The highest BCUT2D eigenvalue weighted by Crippen LogP contribution is 2.26. The lowest BCUT2D eigenvalue weighted by Gasteiger charge is -2.16. The molecule has 0 amide bonds. The first-order valence-corrected chi connectivity index (χ1v) is 9.51. The van der Waals surface area contributed by atoms with Crippen LogP contribution < -0.4 is 10.4 Å². The Morgan fingerprint density at radius 1 is 0.897 bits per heavy atom. The van der Waals surface area contributed by atoms with Crippen LogP contribution >= 0.6 is 12.4 Å². The summed E-state index contributed by atoms with van der Waals surface area (Å²) in [5, 5.41) is 2.43. The number of nitrogens with zero attached hydrogens (tertiary/aromatic N) is 1. The van der Waals surface area contributed by atoms with Gasteiger partial charge in [0.25, 0.3) is 0 Å². The highest BCUT2D eigenvalue weighted by Gasteiger charge is 2.08. The lowest BCUT2D eigenvalue weighted by atomic mass is 10.1. The molecule has 1 aromatic heterocycles. The molecule has 4 aromatic rings. The predicted octanol–water partition coefficient (Wildman–Crippen LogP) is 5.27. The molecule has 0 bridgehead atoms. The molecule has 0 spiro atoms. The van der Waals surface area contributed by atoms with E-state index in [2.05, 4.69) is 36.2 Å². The largest absolute Gasteiger partial charge is 0.493 e. The molecular weight excluding hydrogens is 386 g/mol. The zero-order chi connectivity index (χ0) is 19.3. The first kappa shape index (κ1) is 20.9. The summed E-state index contributed by atoms with van der Waals surface area (Å²) >= 11 is 0. The van der Waals surface area contributed by atoms with Crippen molar-refractivity contribution in [2.24, 2.45) is 0 Å². The van der Waals surface area contributed by atoms with Gasteiger partial charge in [-0.05, 0) is 42.6 Å². The van der Waals surface area contributed by atoms with E-state index in [1.54, 1.807) is 12.1 Å². The second kappa shape index (κ2) is 9.59. The van der Waals surface area contributed by atoms with E-state index in [1.165, 1.54) is 5.56 Å². The van der Waals surface area contributed by atoms with Crippen LogP contribution in [0.5, 0.6) is 5.75 Å². The van der Waals surface area contributed by atoms with E-state index < -0.39 is 0 Å². The van der Waals surface area contributed by atoms with Crippen molar-refractivity contribution in [3.8, 4) is 5.75 Å². The van der Waals surface area contributed by atoms with Gasteiger partial charge in [0, 0.05) is 24.5 Å². The fraction of sp³-hybridized carbons (Fsp3) is 0.208. The number of rotatable bonds is 7. The molecule has 0 aliphatic heterocycles. The Morgan fingerprint density at radius 3 is 2.41 bits per heavy atom. The van der Waals surface area contributed by atoms with Gasteiger partial charge in [-0.15, -0.1) is 12.4 Å². The summed E-state index contributed by atoms with van der Waals surface area (Å²) < 4.78 is 11.4. The van der Waals surface area contributed by atoms with Gasteiger partial charge in [-0.1, -0.05) is 48.5 Å². The van der Waals surface area contributed by atoms with Gasteiger partial charge < -0.3 is 14.1 Å². The predicted molar refractivity (Wildman–Crippen MR) is 120 cm³/mol. The quantitative estimate of drug-likeness (QED) is 0.237. The monoisotopic (exact) mass is 409 g/mol. The van der Waals surface area contributed by atoms with Crippen LogP contribution in [-0.2, 0) is 6.54 Å². The van der Waals surface area contributed by atoms with Gasteiger partial charge in [-0.3, -0.25) is 0 Å². The lowest BCUT2D eigenvalue weighted by Crippen LogP contribution is -2.20. The minimum absolute atomic E-state index is 0. The molecule has 0 aliphatic carbocycles. The van der Waals surface area contributed by atoms with Crippen molar-refractivity contribution in [1.82, 2.24) is 4.90 Å². The van der Waals surface area contributed by atoms with Gasteiger partial charge in [-0.2, -0.15) is 0 Å². The van der Waals surface area contributed by atoms with Crippen molar-refractivity contribution in [2.75, 3.05) is 20.2 Å². The standard InChI is InChI=1S/C24H23NO3.ClH/c1-25(17-18-8-3-2-4-9-18)14-7-15-27-19-12-13-21-20-10-5-6-11-22(20)24(26)28-23(21)16-19;/h2-6,8-13,16H,7,14-15,17H2,1H3;1H. The minimum Gasteiger partial charge on any atom is -0.493 e. The van der Waals surface area contributed by atoms with Crippen LogP contribution in [0.2, 0.25) is 0 Å². The molecule has 0 N–H and O–H groups in total. The van der Waals surface area contributed by atoms with E-state index in [4.69, 9.17) is 9.15 Å². The number of halogens is 1. The second-order valence-electron chi connectivity index (χ2n) is 7.02. The molecule has 150 valence electrons. The Hall–Kier alpha value is -2.82. The Balaban J connectivity index is 0.00000240. The summed E-state index contributed by atoms with van der Waals surface area (Å²) in [6.45, 7) is 2.49. The Kier molecular flexibility index (Phi) is 6.91. The number of hydrogen-bond donors (Lipinski definition) is 0. The normalized spacial score (nSPS) is 11.0. The zero-order valence-corrected chi connectivity index (χ0v) is 17.2. The van der Waals surface area contributed by atoms with Crippen molar-refractivity contribution in [3.63, 3.8) is 0 Å². The van der Waals surface area contributed by atoms with Crippen LogP contribution in [-0.4, -0.2) is 25.1 Å². The maximum atomic E-state index is 12.2. The van der Waals surface area contributed by atoms with Crippen LogP contribution in [0.15, 0.2) is 82.0 Å².